The number of nitrogens with one attached hydrogen (secondary N) is 1. The van der Waals surface area contributed by atoms with Gasteiger partial charge in [-0.3, -0.25) is 4.79 Å². The van der Waals surface area contributed by atoms with E-state index in [2.05, 4.69) is 25.8 Å². The summed E-state index contributed by atoms with van der Waals surface area (Å²) in [5.74, 6) is 1.30. The van der Waals surface area contributed by atoms with E-state index >= 15 is 0 Å². The summed E-state index contributed by atoms with van der Waals surface area (Å²) < 4.78 is 13.3. The molecule has 140 valence electrons. The number of hydrogen-bond acceptors (Lipinski definition) is 9. The highest BCUT2D eigenvalue weighted by Gasteiger charge is 2.17. The Kier molecular flexibility index (Phi) is 4.29. The normalized spacial score (nSPS) is 12.4. The van der Waals surface area contributed by atoms with E-state index in [1.807, 2.05) is 30.3 Å². The van der Waals surface area contributed by atoms with Crippen molar-refractivity contribution in [2.75, 3.05) is 17.9 Å². The molecule has 3 heterocycles. The number of ether oxygens (including phenoxy) is 2. The lowest BCUT2D eigenvalue weighted by atomic mass is 10.3. The predicted molar refractivity (Wildman–Crippen MR) is 104 cm³/mol. The third kappa shape index (κ3) is 3.25. The largest absolute Gasteiger partial charge is 0.454 e. The van der Waals surface area contributed by atoms with Gasteiger partial charge in [0.1, 0.15) is 0 Å². The molecule has 2 aromatic heterocycles. The van der Waals surface area contributed by atoms with Gasteiger partial charge in [-0.05, 0) is 34.7 Å². The van der Waals surface area contributed by atoms with Crippen LogP contribution in [0.4, 0.5) is 5.13 Å². The van der Waals surface area contributed by atoms with Crippen molar-refractivity contribution < 1.29 is 14.3 Å². The van der Waals surface area contributed by atoms with Gasteiger partial charge in [-0.2, -0.15) is 4.68 Å². The summed E-state index contributed by atoms with van der Waals surface area (Å²) >= 11 is 2.67. The van der Waals surface area contributed by atoms with Crippen molar-refractivity contribution in [3.63, 3.8) is 0 Å². The fourth-order valence-electron chi connectivity index (χ4n) is 2.66. The average molecular weight is 412 g/mol. The molecule has 0 saturated heterocycles. The van der Waals surface area contributed by atoms with E-state index < -0.39 is 0 Å². The number of rotatable bonds is 5. The number of thiazole rings is 1. The second-order valence-corrected chi connectivity index (χ2v) is 7.71. The minimum absolute atomic E-state index is 0.154. The standard InChI is InChI=1S/C17H12N6O3S2/c24-15(19-16-18-11-3-1-2-4-14(11)28-16)8-27-17-20-21-22-23(17)10-5-6-12-13(7-10)26-9-25-12/h1-7H,8-9H2,(H,18,19,24). The van der Waals surface area contributed by atoms with E-state index in [1.165, 1.54) is 23.1 Å². The zero-order valence-corrected chi connectivity index (χ0v) is 15.9. The first-order valence-electron chi connectivity index (χ1n) is 8.23. The highest BCUT2D eigenvalue weighted by atomic mass is 32.2. The van der Waals surface area contributed by atoms with Crippen molar-refractivity contribution in [3.05, 3.63) is 42.5 Å². The van der Waals surface area contributed by atoms with Crippen LogP contribution in [0, 0.1) is 0 Å². The van der Waals surface area contributed by atoms with Crippen molar-refractivity contribution in [1.29, 1.82) is 0 Å². The van der Waals surface area contributed by atoms with Gasteiger partial charge in [-0.15, -0.1) is 5.10 Å². The van der Waals surface area contributed by atoms with E-state index in [9.17, 15) is 4.79 Å². The molecule has 1 aliphatic rings. The molecule has 0 bridgehead atoms. The van der Waals surface area contributed by atoms with Crippen LogP contribution in [0.5, 0.6) is 11.5 Å². The predicted octanol–water partition coefficient (Wildman–Crippen LogP) is 2.73. The maximum Gasteiger partial charge on any atom is 0.236 e. The Morgan fingerprint density at radius 3 is 3.04 bits per heavy atom. The maximum absolute atomic E-state index is 12.3. The summed E-state index contributed by atoms with van der Waals surface area (Å²) in [6.07, 6.45) is 0. The van der Waals surface area contributed by atoms with Crippen molar-refractivity contribution in [3.8, 4) is 17.2 Å². The summed E-state index contributed by atoms with van der Waals surface area (Å²) in [6.45, 7) is 0.196. The number of para-hydroxylation sites is 1. The molecule has 2 aromatic carbocycles. The fraction of sp³-hybridized carbons (Fsp3) is 0.118. The lowest BCUT2D eigenvalue weighted by Gasteiger charge is -2.05. The highest BCUT2D eigenvalue weighted by molar-refractivity contribution is 7.99. The van der Waals surface area contributed by atoms with E-state index in [4.69, 9.17) is 9.47 Å². The summed E-state index contributed by atoms with van der Waals surface area (Å²) in [4.78, 5) is 16.7. The number of fused-ring (bicyclic) bond motifs is 2. The Balaban J connectivity index is 1.27. The smallest absolute Gasteiger partial charge is 0.236 e. The Labute approximate surface area is 166 Å². The van der Waals surface area contributed by atoms with Crippen LogP contribution in [-0.4, -0.2) is 43.6 Å². The minimum Gasteiger partial charge on any atom is -0.454 e. The number of thioether (sulfide) groups is 1. The van der Waals surface area contributed by atoms with Crippen LogP contribution in [0.15, 0.2) is 47.6 Å². The van der Waals surface area contributed by atoms with Crippen molar-refractivity contribution in [2.24, 2.45) is 0 Å². The lowest BCUT2D eigenvalue weighted by Crippen LogP contribution is -2.14. The number of amides is 1. The highest BCUT2D eigenvalue weighted by Crippen LogP contribution is 2.34. The molecule has 1 N–H and O–H groups in total. The third-order valence-electron chi connectivity index (χ3n) is 3.91. The molecule has 5 rings (SSSR count). The number of benzene rings is 2. The molecular formula is C17H12N6O3S2. The number of carbonyl (C=O) groups is 1. The molecule has 1 amide bonds. The summed E-state index contributed by atoms with van der Waals surface area (Å²) in [5.41, 5.74) is 1.59. The number of aromatic nitrogens is 5. The van der Waals surface area contributed by atoms with Gasteiger partial charge in [-0.25, -0.2) is 4.98 Å². The first kappa shape index (κ1) is 17.0. The van der Waals surface area contributed by atoms with Gasteiger partial charge in [0.25, 0.3) is 0 Å². The molecule has 9 nitrogen and oxygen atoms in total. The van der Waals surface area contributed by atoms with Gasteiger partial charge < -0.3 is 14.8 Å². The fourth-order valence-corrected chi connectivity index (χ4v) is 4.23. The quantitative estimate of drug-likeness (QED) is 0.499. The number of hydrogen-bond donors (Lipinski definition) is 1. The van der Waals surface area contributed by atoms with E-state index in [1.54, 1.807) is 16.8 Å². The number of tetrazole rings is 1. The molecule has 28 heavy (non-hydrogen) atoms. The zero-order chi connectivity index (χ0) is 18.9. The molecule has 0 radical (unpaired) electrons. The van der Waals surface area contributed by atoms with Crippen LogP contribution in [0.25, 0.3) is 15.9 Å². The van der Waals surface area contributed by atoms with Crippen molar-refractivity contribution in [2.45, 2.75) is 5.16 Å². The first-order valence-corrected chi connectivity index (χ1v) is 10.0. The minimum atomic E-state index is -0.177. The lowest BCUT2D eigenvalue weighted by molar-refractivity contribution is -0.113. The van der Waals surface area contributed by atoms with Crippen LogP contribution in [0.1, 0.15) is 0 Å². The molecular weight excluding hydrogens is 400 g/mol. The van der Waals surface area contributed by atoms with Gasteiger partial charge in [0.15, 0.2) is 16.6 Å². The van der Waals surface area contributed by atoms with Gasteiger partial charge >= 0.3 is 0 Å². The summed E-state index contributed by atoms with van der Waals surface area (Å²) in [5, 5.41) is 15.6. The summed E-state index contributed by atoms with van der Waals surface area (Å²) in [7, 11) is 0. The number of nitrogens with zero attached hydrogens (tertiary/aromatic N) is 5. The summed E-state index contributed by atoms with van der Waals surface area (Å²) in [6, 6.07) is 13.2. The molecule has 1 aliphatic heterocycles. The van der Waals surface area contributed by atoms with Crippen LogP contribution < -0.4 is 14.8 Å². The molecule has 0 saturated carbocycles. The molecule has 0 fully saturated rings. The molecule has 0 aliphatic carbocycles. The zero-order valence-electron chi connectivity index (χ0n) is 14.2. The SMILES string of the molecule is O=C(CSc1nnnn1-c1ccc2c(c1)OCO2)Nc1nc2ccccc2s1. The average Bonchev–Trinajstić information content (AvgIpc) is 3.43. The molecule has 11 heteroatoms. The van der Waals surface area contributed by atoms with Crippen LogP contribution in [0.2, 0.25) is 0 Å². The van der Waals surface area contributed by atoms with Gasteiger partial charge in [0, 0.05) is 6.07 Å². The van der Waals surface area contributed by atoms with Crippen molar-refractivity contribution >= 4 is 44.4 Å². The topological polar surface area (TPSA) is 104 Å². The van der Waals surface area contributed by atoms with Gasteiger partial charge in [-0.1, -0.05) is 35.2 Å². The maximum atomic E-state index is 12.3. The Morgan fingerprint density at radius 1 is 1.21 bits per heavy atom. The monoisotopic (exact) mass is 412 g/mol. The van der Waals surface area contributed by atoms with Crippen LogP contribution in [0.3, 0.4) is 0 Å². The van der Waals surface area contributed by atoms with Crippen LogP contribution >= 0.6 is 23.1 Å². The van der Waals surface area contributed by atoms with Crippen molar-refractivity contribution in [1.82, 2.24) is 25.2 Å². The van der Waals surface area contributed by atoms with E-state index in [0.717, 1.165) is 15.9 Å². The molecule has 0 unspecified atom stereocenters. The van der Waals surface area contributed by atoms with Crippen LogP contribution in [-0.2, 0) is 4.79 Å². The van der Waals surface area contributed by atoms with Gasteiger partial charge in [0.2, 0.25) is 17.9 Å². The molecule has 0 atom stereocenters. The Hall–Kier alpha value is -3.18. The number of carbonyl (C=O) groups excluding carboxylic acids is 1. The van der Waals surface area contributed by atoms with Gasteiger partial charge in [0.05, 0.1) is 21.7 Å². The van der Waals surface area contributed by atoms with E-state index in [-0.39, 0.29) is 18.5 Å². The molecule has 0 spiro atoms. The number of anilines is 1. The Morgan fingerprint density at radius 2 is 2.11 bits per heavy atom. The first-order chi connectivity index (χ1) is 13.8. The Bertz CT molecular complexity index is 1140. The second kappa shape index (κ2) is 7.09. The molecule has 4 aromatic rings. The second-order valence-electron chi connectivity index (χ2n) is 5.73. The third-order valence-corrected chi connectivity index (χ3v) is 5.79. The van der Waals surface area contributed by atoms with E-state index in [0.29, 0.717) is 21.8 Å².